The van der Waals surface area contributed by atoms with Crippen molar-refractivity contribution in [1.29, 1.82) is 0 Å². The minimum Gasteiger partial charge on any atom is -0.255 e. The van der Waals surface area contributed by atoms with Crippen molar-refractivity contribution in [3.8, 4) is 0 Å². The van der Waals surface area contributed by atoms with E-state index in [1.807, 2.05) is 57.2 Å². The number of aliphatic imine (C=N–C) groups is 1. The third-order valence-corrected chi connectivity index (χ3v) is 5.67. The van der Waals surface area contributed by atoms with Gasteiger partial charge in [-0.05, 0) is 30.2 Å². The Balaban J connectivity index is 2.48. The van der Waals surface area contributed by atoms with Gasteiger partial charge >= 0.3 is 0 Å². The van der Waals surface area contributed by atoms with E-state index in [0.29, 0.717) is 18.8 Å². The van der Waals surface area contributed by atoms with E-state index >= 15 is 0 Å². The van der Waals surface area contributed by atoms with Crippen LogP contribution in [0.5, 0.6) is 0 Å². The van der Waals surface area contributed by atoms with Crippen LogP contribution in [0.15, 0.2) is 58.4 Å². The first kappa shape index (κ1) is 17.4. The van der Waals surface area contributed by atoms with E-state index in [-0.39, 0.29) is 4.90 Å². The lowest BCUT2D eigenvalue weighted by atomic mass is 10.2. The van der Waals surface area contributed by atoms with Crippen LogP contribution in [-0.4, -0.2) is 32.0 Å². The Morgan fingerprint density at radius 3 is 2.30 bits per heavy atom. The fourth-order valence-electron chi connectivity index (χ4n) is 2.32. The molecule has 0 aliphatic rings. The maximum Gasteiger partial charge on any atom is 0.245 e. The minimum absolute atomic E-state index is 0.258. The van der Waals surface area contributed by atoms with Crippen molar-refractivity contribution in [2.45, 2.75) is 25.7 Å². The molecule has 0 unspecified atom stereocenters. The number of benzene rings is 2. The van der Waals surface area contributed by atoms with Crippen LogP contribution >= 0.6 is 0 Å². The Hall–Kier alpha value is -1.98. The number of rotatable bonds is 6. The second-order valence-electron chi connectivity index (χ2n) is 5.23. The second kappa shape index (κ2) is 7.53. The number of nitrogens with zero attached hydrogens (tertiary/aromatic N) is 2. The Morgan fingerprint density at radius 1 is 1.04 bits per heavy atom. The Morgan fingerprint density at radius 2 is 1.70 bits per heavy atom. The van der Waals surface area contributed by atoms with E-state index in [1.165, 1.54) is 4.31 Å². The average molecular weight is 330 g/mol. The van der Waals surface area contributed by atoms with Gasteiger partial charge < -0.3 is 0 Å². The summed E-state index contributed by atoms with van der Waals surface area (Å²) >= 11 is 0. The number of hydrogen-bond donors (Lipinski definition) is 0. The SMILES string of the molecule is CCN(CC)S(=O)(=O)c1cc(C)ccc1N=Cc1ccccc1. The molecule has 0 radical (unpaired) electrons. The Bertz CT molecular complexity index is 780. The summed E-state index contributed by atoms with van der Waals surface area (Å²) in [6, 6.07) is 14.9. The van der Waals surface area contributed by atoms with E-state index in [9.17, 15) is 8.42 Å². The molecule has 0 fully saturated rings. The molecule has 0 saturated carbocycles. The molecule has 0 atom stereocenters. The summed E-state index contributed by atoms with van der Waals surface area (Å²) in [6.07, 6.45) is 1.69. The molecule has 4 nitrogen and oxygen atoms in total. The van der Waals surface area contributed by atoms with Crippen molar-refractivity contribution in [2.75, 3.05) is 13.1 Å². The van der Waals surface area contributed by atoms with Gasteiger partial charge in [0.1, 0.15) is 4.90 Å². The summed E-state index contributed by atoms with van der Waals surface area (Å²) in [5, 5.41) is 0. The van der Waals surface area contributed by atoms with Crippen LogP contribution in [0.1, 0.15) is 25.0 Å². The molecule has 122 valence electrons. The van der Waals surface area contributed by atoms with Crippen LogP contribution in [0.4, 0.5) is 5.69 Å². The standard InChI is InChI=1S/C18H22N2O2S/c1-4-20(5-2)23(21,22)18-13-15(3)11-12-17(18)19-14-16-9-7-6-8-10-16/h6-14H,4-5H2,1-3H3. The molecule has 23 heavy (non-hydrogen) atoms. The molecule has 0 aliphatic carbocycles. The zero-order valence-corrected chi connectivity index (χ0v) is 14.5. The maximum absolute atomic E-state index is 12.8. The van der Waals surface area contributed by atoms with Gasteiger partial charge in [-0.25, -0.2) is 8.42 Å². The van der Waals surface area contributed by atoms with Crippen LogP contribution in [-0.2, 0) is 10.0 Å². The number of hydrogen-bond acceptors (Lipinski definition) is 3. The van der Waals surface area contributed by atoms with E-state index in [2.05, 4.69) is 4.99 Å². The monoisotopic (exact) mass is 330 g/mol. The van der Waals surface area contributed by atoms with Gasteiger partial charge in [0.25, 0.3) is 0 Å². The van der Waals surface area contributed by atoms with Crippen molar-refractivity contribution < 1.29 is 8.42 Å². The first-order chi connectivity index (χ1) is 11.0. The van der Waals surface area contributed by atoms with E-state index in [1.54, 1.807) is 18.3 Å². The fourth-order valence-corrected chi connectivity index (χ4v) is 4.00. The van der Waals surface area contributed by atoms with Gasteiger partial charge in [0.2, 0.25) is 10.0 Å². The lowest BCUT2D eigenvalue weighted by Crippen LogP contribution is -2.30. The highest BCUT2D eigenvalue weighted by Crippen LogP contribution is 2.28. The molecule has 0 aromatic heterocycles. The molecule has 0 saturated heterocycles. The molecule has 0 amide bonds. The molecule has 0 bridgehead atoms. The maximum atomic E-state index is 12.8. The molecule has 0 spiro atoms. The van der Waals surface area contributed by atoms with Crippen LogP contribution in [0, 0.1) is 6.92 Å². The van der Waals surface area contributed by atoms with Crippen molar-refractivity contribution in [2.24, 2.45) is 4.99 Å². The summed E-state index contributed by atoms with van der Waals surface area (Å²) < 4.78 is 27.1. The highest BCUT2D eigenvalue weighted by molar-refractivity contribution is 7.89. The topological polar surface area (TPSA) is 49.7 Å². The summed E-state index contributed by atoms with van der Waals surface area (Å²) in [5.41, 5.74) is 2.29. The largest absolute Gasteiger partial charge is 0.255 e. The highest BCUT2D eigenvalue weighted by atomic mass is 32.2. The molecule has 2 rings (SSSR count). The van der Waals surface area contributed by atoms with Gasteiger partial charge in [-0.15, -0.1) is 0 Å². The molecular weight excluding hydrogens is 308 g/mol. The van der Waals surface area contributed by atoms with Crippen LogP contribution < -0.4 is 0 Å². The first-order valence-electron chi connectivity index (χ1n) is 7.69. The van der Waals surface area contributed by atoms with Crippen molar-refractivity contribution in [3.05, 3.63) is 59.7 Å². The summed E-state index contributed by atoms with van der Waals surface area (Å²) in [7, 11) is -3.54. The molecular formula is C18H22N2O2S. The van der Waals surface area contributed by atoms with Crippen molar-refractivity contribution >= 4 is 21.9 Å². The molecule has 2 aromatic rings. The van der Waals surface area contributed by atoms with Crippen molar-refractivity contribution in [1.82, 2.24) is 4.31 Å². The Kier molecular flexibility index (Phi) is 5.69. The zero-order chi connectivity index (χ0) is 16.9. The summed E-state index contributed by atoms with van der Waals surface area (Å²) in [4.78, 5) is 4.66. The van der Waals surface area contributed by atoms with Gasteiger partial charge in [-0.2, -0.15) is 4.31 Å². The van der Waals surface area contributed by atoms with E-state index in [4.69, 9.17) is 0 Å². The number of sulfonamides is 1. The lowest BCUT2D eigenvalue weighted by molar-refractivity contribution is 0.445. The highest BCUT2D eigenvalue weighted by Gasteiger charge is 2.24. The van der Waals surface area contributed by atoms with Crippen LogP contribution in [0.2, 0.25) is 0 Å². The molecule has 0 aliphatic heterocycles. The molecule has 0 N–H and O–H groups in total. The van der Waals surface area contributed by atoms with Gasteiger partial charge in [-0.3, -0.25) is 4.99 Å². The zero-order valence-electron chi connectivity index (χ0n) is 13.7. The summed E-state index contributed by atoms with van der Waals surface area (Å²) in [6.45, 7) is 6.43. The van der Waals surface area contributed by atoms with Crippen LogP contribution in [0.3, 0.4) is 0 Å². The first-order valence-corrected chi connectivity index (χ1v) is 9.13. The number of aryl methyl sites for hydroxylation is 1. The predicted molar refractivity (Wildman–Crippen MR) is 95.0 cm³/mol. The van der Waals surface area contributed by atoms with E-state index in [0.717, 1.165) is 11.1 Å². The quantitative estimate of drug-likeness (QED) is 0.757. The third kappa shape index (κ3) is 4.06. The van der Waals surface area contributed by atoms with Gasteiger partial charge in [0.15, 0.2) is 0 Å². The van der Waals surface area contributed by atoms with Crippen LogP contribution in [0.25, 0.3) is 0 Å². The van der Waals surface area contributed by atoms with E-state index < -0.39 is 10.0 Å². The Labute approximate surface area is 138 Å². The minimum atomic E-state index is -3.54. The van der Waals surface area contributed by atoms with Crippen molar-refractivity contribution in [3.63, 3.8) is 0 Å². The molecule has 2 aromatic carbocycles. The van der Waals surface area contributed by atoms with Gasteiger partial charge in [0, 0.05) is 19.3 Å². The predicted octanol–water partition coefficient (Wildman–Crippen LogP) is 3.78. The normalized spacial score (nSPS) is 12.2. The summed E-state index contributed by atoms with van der Waals surface area (Å²) in [5.74, 6) is 0. The molecule has 5 heteroatoms. The third-order valence-electron chi connectivity index (χ3n) is 3.59. The average Bonchev–Trinajstić information content (AvgIpc) is 2.55. The van der Waals surface area contributed by atoms with Gasteiger partial charge in [-0.1, -0.05) is 50.2 Å². The van der Waals surface area contributed by atoms with Gasteiger partial charge in [0.05, 0.1) is 5.69 Å². The fraction of sp³-hybridized carbons (Fsp3) is 0.278. The smallest absolute Gasteiger partial charge is 0.245 e. The molecule has 0 heterocycles. The second-order valence-corrected chi connectivity index (χ2v) is 7.14. The lowest BCUT2D eigenvalue weighted by Gasteiger charge is -2.19.